The monoisotopic (exact) mass is 593 g/mol. The van der Waals surface area contributed by atoms with E-state index in [0.717, 1.165) is 28.7 Å². The number of carbonyl (C=O) groups excluding carboxylic acids is 2. The SMILES string of the molecule is COc1ccc(-c2ccc(C(=O)NC(CCc3ccccc3)C(COC(C)=O)Cc3cccc(C(=N)N)c3)cc2)cc1OC. The Labute approximate surface area is 258 Å². The molecule has 0 fully saturated rings. The van der Waals surface area contributed by atoms with Crippen molar-refractivity contribution in [3.8, 4) is 22.6 Å². The highest BCUT2D eigenvalue weighted by Gasteiger charge is 2.26. The van der Waals surface area contributed by atoms with Crippen molar-refractivity contribution >= 4 is 17.7 Å². The van der Waals surface area contributed by atoms with Crippen molar-refractivity contribution in [3.05, 3.63) is 119 Å². The van der Waals surface area contributed by atoms with Crippen LogP contribution in [-0.2, 0) is 22.4 Å². The fourth-order valence-electron chi connectivity index (χ4n) is 5.18. The molecule has 0 saturated carbocycles. The van der Waals surface area contributed by atoms with Crippen molar-refractivity contribution < 1.29 is 23.8 Å². The molecule has 2 atom stereocenters. The van der Waals surface area contributed by atoms with E-state index in [1.54, 1.807) is 32.4 Å². The molecule has 44 heavy (non-hydrogen) atoms. The second-order valence-electron chi connectivity index (χ2n) is 10.6. The average Bonchev–Trinajstić information content (AvgIpc) is 3.05. The number of rotatable bonds is 14. The molecule has 0 heterocycles. The number of methoxy groups -OCH3 is 2. The van der Waals surface area contributed by atoms with E-state index in [9.17, 15) is 9.59 Å². The van der Waals surface area contributed by atoms with Gasteiger partial charge in [-0.3, -0.25) is 15.0 Å². The molecule has 0 bridgehead atoms. The molecule has 228 valence electrons. The molecule has 0 saturated heterocycles. The molecule has 0 aliphatic carbocycles. The van der Waals surface area contributed by atoms with Crippen LogP contribution >= 0.6 is 0 Å². The number of hydrogen-bond donors (Lipinski definition) is 3. The van der Waals surface area contributed by atoms with Crippen molar-refractivity contribution in [2.75, 3.05) is 20.8 Å². The standard InChI is InChI=1S/C36H39N3O5/c1-24(40)44-23-31(21-26-10-7-11-30(20-26)35(37)38)32(18-12-25-8-5-4-6-9-25)39-36(41)28-15-13-27(14-16-28)29-17-19-33(42-2)34(22-29)43-3/h4-11,13-17,19-20,22,31-32H,12,18,21,23H2,1-3H3,(H3,37,38)(H,39,41). The van der Waals surface area contributed by atoms with E-state index in [1.807, 2.05) is 66.7 Å². The van der Waals surface area contributed by atoms with Gasteiger partial charge < -0.3 is 25.3 Å². The first-order valence-corrected chi connectivity index (χ1v) is 14.5. The van der Waals surface area contributed by atoms with E-state index in [-0.39, 0.29) is 36.3 Å². The van der Waals surface area contributed by atoms with Gasteiger partial charge in [0.05, 0.1) is 20.8 Å². The summed E-state index contributed by atoms with van der Waals surface area (Å²) in [6, 6.07) is 30.3. The van der Waals surface area contributed by atoms with E-state index in [0.29, 0.717) is 35.5 Å². The maximum Gasteiger partial charge on any atom is 0.302 e. The van der Waals surface area contributed by atoms with Crippen LogP contribution in [0.1, 0.15) is 40.4 Å². The van der Waals surface area contributed by atoms with Gasteiger partial charge in [-0.05, 0) is 71.8 Å². The van der Waals surface area contributed by atoms with Gasteiger partial charge in [-0.2, -0.15) is 0 Å². The van der Waals surface area contributed by atoms with Gasteiger partial charge in [0, 0.05) is 30.0 Å². The minimum atomic E-state index is -0.383. The van der Waals surface area contributed by atoms with Gasteiger partial charge in [0.25, 0.3) is 5.91 Å². The Morgan fingerprint density at radius 2 is 1.48 bits per heavy atom. The molecule has 0 spiro atoms. The smallest absolute Gasteiger partial charge is 0.302 e. The highest BCUT2D eigenvalue weighted by molar-refractivity contribution is 5.95. The van der Waals surface area contributed by atoms with Crippen LogP contribution in [0.4, 0.5) is 0 Å². The Morgan fingerprint density at radius 3 is 2.14 bits per heavy atom. The molecular formula is C36H39N3O5. The van der Waals surface area contributed by atoms with Crippen molar-refractivity contribution in [3.63, 3.8) is 0 Å². The third-order valence-corrected chi connectivity index (χ3v) is 7.57. The van der Waals surface area contributed by atoms with E-state index < -0.39 is 0 Å². The number of hydrogen-bond acceptors (Lipinski definition) is 6. The number of nitrogens with one attached hydrogen (secondary N) is 2. The number of nitrogens with two attached hydrogens (primary N) is 1. The summed E-state index contributed by atoms with van der Waals surface area (Å²) in [5.74, 6) is 0.429. The molecule has 0 radical (unpaired) electrons. The first-order chi connectivity index (χ1) is 21.3. The van der Waals surface area contributed by atoms with E-state index in [2.05, 4.69) is 17.4 Å². The number of nitrogen functional groups attached to an aromatic ring is 1. The second kappa shape index (κ2) is 15.4. The molecule has 0 aromatic heterocycles. The molecule has 4 N–H and O–H groups in total. The predicted molar refractivity (Wildman–Crippen MR) is 172 cm³/mol. The molecule has 0 aliphatic heterocycles. The summed E-state index contributed by atoms with van der Waals surface area (Å²) in [4.78, 5) is 25.5. The van der Waals surface area contributed by atoms with E-state index >= 15 is 0 Å². The fraction of sp³-hybridized carbons (Fsp3) is 0.250. The van der Waals surface area contributed by atoms with Gasteiger partial charge in [0.1, 0.15) is 5.84 Å². The second-order valence-corrected chi connectivity index (χ2v) is 10.6. The van der Waals surface area contributed by atoms with Gasteiger partial charge in [-0.25, -0.2) is 0 Å². The summed E-state index contributed by atoms with van der Waals surface area (Å²) in [6.07, 6.45) is 1.89. The summed E-state index contributed by atoms with van der Waals surface area (Å²) in [5, 5.41) is 11.1. The van der Waals surface area contributed by atoms with Crippen LogP contribution in [0.5, 0.6) is 11.5 Å². The first kappa shape index (κ1) is 31.8. The quantitative estimate of drug-likeness (QED) is 0.0964. The molecule has 4 rings (SSSR count). The minimum Gasteiger partial charge on any atom is -0.493 e. The number of benzene rings is 4. The lowest BCUT2D eigenvalue weighted by molar-refractivity contribution is -0.142. The number of aryl methyl sites for hydroxylation is 1. The normalized spacial score (nSPS) is 12.1. The number of ether oxygens (including phenoxy) is 3. The molecule has 1 amide bonds. The van der Waals surface area contributed by atoms with Crippen LogP contribution in [0.25, 0.3) is 11.1 Å². The number of carbonyl (C=O) groups is 2. The Balaban J connectivity index is 1.58. The molecule has 0 aliphatic rings. The van der Waals surface area contributed by atoms with Crippen molar-refractivity contribution in [1.29, 1.82) is 5.41 Å². The third kappa shape index (κ3) is 8.70. The summed E-state index contributed by atoms with van der Waals surface area (Å²) < 4.78 is 16.3. The summed E-state index contributed by atoms with van der Waals surface area (Å²) in [5.41, 5.74) is 10.8. The van der Waals surface area contributed by atoms with Gasteiger partial charge in [-0.15, -0.1) is 0 Å². The minimum absolute atomic E-state index is 0.0196. The lowest BCUT2D eigenvalue weighted by Gasteiger charge is -2.28. The van der Waals surface area contributed by atoms with Crippen LogP contribution < -0.4 is 20.5 Å². The van der Waals surface area contributed by atoms with Crippen LogP contribution in [-0.4, -0.2) is 44.6 Å². The highest BCUT2D eigenvalue weighted by Crippen LogP contribution is 2.32. The summed E-state index contributed by atoms with van der Waals surface area (Å²) in [6.45, 7) is 1.52. The zero-order chi connectivity index (χ0) is 31.5. The summed E-state index contributed by atoms with van der Waals surface area (Å²) in [7, 11) is 3.19. The highest BCUT2D eigenvalue weighted by atomic mass is 16.5. The molecular weight excluding hydrogens is 554 g/mol. The van der Waals surface area contributed by atoms with Crippen molar-refractivity contribution in [1.82, 2.24) is 5.32 Å². The molecule has 4 aromatic rings. The first-order valence-electron chi connectivity index (χ1n) is 14.5. The summed E-state index contributed by atoms with van der Waals surface area (Å²) >= 11 is 0. The molecule has 8 heteroatoms. The maximum absolute atomic E-state index is 13.6. The van der Waals surface area contributed by atoms with Gasteiger partial charge in [0.15, 0.2) is 11.5 Å². The largest absolute Gasteiger partial charge is 0.493 e. The molecule has 4 aromatic carbocycles. The fourth-order valence-corrected chi connectivity index (χ4v) is 5.18. The van der Waals surface area contributed by atoms with E-state index in [1.165, 1.54) is 6.92 Å². The van der Waals surface area contributed by atoms with Crippen LogP contribution in [0.3, 0.4) is 0 Å². The zero-order valence-corrected chi connectivity index (χ0v) is 25.3. The predicted octanol–water partition coefficient (Wildman–Crippen LogP) is 5.81. The topological polar surface area (TPSA) is 124 Å². The lowest BCUT2D eigenvalue weighted by Crippen LogP contribution is -2.43. The van der Waals surface area contributed by atoms with Crippen molar-refractivity contribution in [2.45, 2.75) is 32.2 Å². The lowest BCUT2D eigenvalue weighted by atomic mass is 9.88. The number of esters is 1. The van der Waals surface area contributed by atoms with Crippen LogP contribution in [0.15, 0.2) is 97.1 Å². The van der Waals surface area contributed by atoms with E-state index in [4.69, 9.17) is 25.4 Å². The Bertz CT molecular complexity index is 1570. The Morgan fingerprint density at radius 1 is 0.795 bits per heavy atom. The Hall–Kier alpha value is -5.11. The molecule has 8 nitrogen and oxygen atoms in total. The van der Waals surface area contributed by atoms with Crippen LogP contribution in [0.2, 0.25) is 0 Å². The zero-order valence-electron chi connectivity index (χ0n) is 25.3. The maximum atomic E-state index is 13.6. The Kier molecular flexibility index (Phi) is 11.1. The third-order valence-electron chi connectivity index (χ3n) is 7.57. The van der Waals surface area contributed by atoms with Crippen molar-refractivity contribution in [2.24, 2.45) is 11.7 Å². The molecule has 2 unspecified atom stereocenters. The van der Waals surface area contributed by atoms with Gasteiger partial charge in [0.2, 0.25) is 0 Å². The number of amides is 1. The van der Waals surface area contributed by atoms with Gasteiger partial charge in [-0.1, -0.05) is 66.7 Å². The van der Waals surface area contributed by atoms with Crippen LogP contribution in [0, 0.1) is 11.3 Å². The number of amidine groups is 1. The van der Waals surface area contributed by atoms with Gasteiger partial charge >= 0.3 is 5.97 Å². The average molecular weight is 594 g/mol.